The molecule has 3 atom stereocenters. The molecule has 2 aliphatic rings. The third-order valence-electron chi connectivity index (χ3n) is 6.65. The molecule has 1 aliphatic heterocycles. The average Bonchev–Trinajstić information content (AvgIpc) is 3.69. The lowest BCUT2D eigenvalue weighted by molar-refractivity contribution is -0.130. The van der Waals surface area contributed by atoms with Crippen molar-refractivity contribution in [2.24, 2.45) is 11.8 Å². The number of hydrogen-bond donors (Lipinski definition) is 1. The normalized spacial score (nSPS) is 22.1. The van der Waals surface area contributed by atoms with Crippen molar-refractivity contribution in [3.63, 3.8) is 0 Å². The second-order valence-corrected chi connectivity index (χ2v) is 11.6. The van der Waals surface area contributed by atoms with Crippen LogP contribution in [0, 0.1) is 23.7 Å². The Morgan fingerprint density at radius 1 is 1.28 bits per heavy atom. The summed E-state index contributed by atoms with van der Waals surface area (Å²) >= 11 is 0. The first-order valence-electron chi connectivity index (χ1n) is 12.3. The molecule has 0 saturated heterocycles. The molecule has 8 nitrogen and oxygen atoms in total. The zero-order valence-electron chi connectivity index (χ0n) is 20.9. The van der Waals surface area contributed by atoms with Gasteiger partial charge in [0.15, 0.2) is 0 Å². The fraction of sp³-hybridized carbons (Fsp3) is 0.481. The van der Waals surface area contributed by atoms with Gasteiger partial charge in [-0.1, -0.05) is 18.8 Å². The molecule has 0 unspecified atom stereocenters. The van der Waals surface area contributed by atoms with Crippen LogP contribution in [0.2, 0.25) is 0 Å². The van der Waals surface area contributed by atoms with Gasteiger partial charge in [0, 0.05) is 49.4 Å². The highest BCUT2D eigenvalue weighted by atomic mass is 32.2. The number of rotatable bonds is 6. The van der Waals surface area contributed by atoms with Crippen molar-refractivity contribution < 1.29 is 23.1 Å². The molecule has 1 amide bonds. The Labute approximate surface area is 213 Å². The number of ether oxygens (including phenoxy) is 1. The van der Waals surface area contributed by atoms with Crippen molar-refractivity contribution in [2.45, 2.75) is 50.2 Å². The number of pyridine rings is 1. The predicted octanol–water partition coefficient (Wildman–Crippen LogP) is 2.31. The second-order valence-electron chi connectivity index (χ2n) is 9.75. The van der Waals surface area contributed by atoms with E-state index >= 15 is 0 Å². The number of benzene rings is 1. The van der Waals surface area contributed by atoms with Crippen molar-refractivity contribution >= 4 is 15.9 Å². The summed E-state index contributed by atoms with van der Waals surface area (Å²) in [7, 11) is -2.19. The van der Waals surface area contributed by atoms with Gasteiger partial charge in [-0.25, -0.2) is 8.42 Å². The minimum absolute atomic E-state index is 0.0439. The minimum atomic E-state index is -3.92. The number of likely N-dealkylation sites (N-methyl/N-ethyl adjacent to an activating group) is 1. The molecule has 1 saturated carbocycles. The lowest BCUT2D eigenvalue weighted by Crippen LogP contribution is -2.50. The molecule has 1 aliphatic carbocycles. The van der Waals surface area contributed by atoms with Crippen LogP contribution in [0.3, 0.4) is 0 Å². The Hall–Kier alpha value is -2.93. The zero-order valence-corrected chi connectivity index (χ0v) is 21.7. The Balaban J connectivity index is 1.64. The monoisotopic (exact) mass is 511 g/mol. The van der Waals surface area contributed by atoms with Gasteiger partial charge in [0.05, 0.1) is 19.6 Å². The standard InChI is InChI=1S/C27H33N3O5S/c1-19-16-30(20(2)18-31)36(33,34)26-9-8-22(7-6-21-4-5-21)14-24(26)35-25(19)17-29(3)27(32)15-23-10-12-28-13-11-23/h8-14,19-21,25,31H,4-5,15-18H2,1-3H3/t19-,20-,25+/m0/s1. The highest BCUT2D eigenvalue weighted by Gasteiger charge is 2.38. The Kier molecular flexibility index (Phi) is 7.98. The van der Waals surface area contributed by atoms with E-state index in [0.29, 0.717) is 11.5 Å². The van der Waals surface area contributed by atoms with Gasteiger partial charge in [-0.3, -0.25) is 9.78 Å². The van der Waals surface area contributed by atoms with E-state index < -0.39 is 22.2 Å². The van der Waals surface area contributed by atoms with Crippen LogP contribution in [0.15, 0.2) is 47.6 Å². The van der Waals surface area contributed by atoms with Gasteiger partial charge >= 0.3 is 0 Å². The van der Waals surface area contributed by atoms with Gasteiger partial charge in [-0.05, 0) is 55.7 Å². The summed E-state index contributed by atoms with van der Waals surface area (Å²) < 4.78 is 34.8. The van der Waals surface area contributed by atoms with Crippen LogP contribution in [0.1, 0.15) is 37.8 Å². The van der Waals surface area contributed by atoms with E-state index in [0.717, 1.165) is 18.4 Å². The van der Waals surface area contributed by atoms with Crippen LogP contribution in [0.5, 0.6) is 5.75 Å². The highest BCUT2D eigenvalue weighted by molar-refractivity contribution is 7.89. The number of sulfonamides is 1. The fourth-order valence-corrected chi connectivity index (χ4v) is 5.94. The smallest absolute Gasteiger partial charge is 0.247 e. The van der Waals surface area contributed by atoms with Crippen LogP contribution in [0.4, 0.5) is 0 Å². The van der Waals surface area contributed by atoms with Gasteiger partial charge in [0.1, 0.15) is 16.7 Å². The first-order chi connectivity index (χ1) is 17.2. The number of aliphatic hydroxyl groups is 1. The van der Waals surface area contributed by atoms with Crippen molar-refractivity contribution in [3.05, 3.63) is 53.9 Å². The molecule has 0 radical (unpaired) electrons. The summed E-state index contributed by atoms with van der Waals surface area (Å²) in [6.07, 6.45) is 5.26. The zero-order chi connectivity index (χ0) is 25.9. The van der Waals surface area contributed by atoms with Gasteiger partial charge < -0.3 is 14.7 Å². The Bertz CT molecular complexity index is 1250. The van der Waals surface area contributed by atoms with Crippen molar-refractivity contribution in [3.8, 4) is 17.6 Å². The molecule has 2 heterocycles. The minimum Gasteiger partial charge on any atom is -0.487 e. The van der Waals surface area contributed by atoms with Crippen LogP contribution in [0.25, 0.3) is 0 Å². The summed E-state index contributed by atoms with van der Waals surface area (Å²) in [6, 6.07) is 7.91. The Morgan fingerprint density at radius 3 is 2.67 bits per heavy atom. The van der Waals surface area contributed by atoms with Crippen LogP contribution >= 0.6 is 0 Å². The fourth-order valence-electron chi connectivity index (χ4n) is 4.12. The summed E-state index contributed by atoms with van der Waals surface area (Å²) in [6.45, 7) is 3.72. The van der Waals surface area contributed by atoms with Crippen molar-refractivity contribution in [1.82, 2.24) is 14.2 Å². The molecule has 1 aromatic heterocycles. The summed E-state index contributed by atoms with van der Waals surface area (Å²) in [5, 5.41) is 9.80. The highest BCUT2D eigenvalue weighted by Crippen LogP contribution is 2.34. The molecule has 1 N–H and O–H groups in total. The summed E-state index contributed by atoms with van der Waals surface area (Å²) in [5.41, 5.74) is 1.55. The van der Waals surface area contributed by atoms with Gasteiger partial charge in [0.25, 0.3) is 0 Å². The predicted molar refractivity (Wildman–Crippen MR) is 136 cm³/mol. The third kappa shape index (κ3) is 6.06. The van der Waals surface area contributed by atoms with Crippen molar-refractivity contribution in [1.29, 1.82) is 0 Å². The molecule has 192 valence electrons. The summed E-state index contributed by atoms with van der Waals surface area (Å²) in [5.74, 6) is 6.63. The lowest BCUT2D eigenvalue weighted by atomic mass is 10.0. The SMILES string of the molecule is C[C@H]1CN([C@@H](C)CO)S(=O)(=O)c2ccc(C#CC3CC3)cc2O[C@@H]1CN(C)C(=O)Cc1ccncc1. The third-order valence-corrected chi connectivity index (χ3v) is 8.67. The van der Waals surface area contributed by atoms with Crippen LogP contribution in [-0.2, 0) is 21.2 Å². The first-order valence-corrected chi connectivity index (χ1v) is 13.7. The maximum absolute atomic E-state index is 13.6. The number of aliphatic hydroxyl groups excluding tert-OH is 1. The molecular formula is C27H33N3O5S. The molecule has 2 aromatic rings. The molecule has 9 heteroatoms. The van der Waals surface area contributed by atoms with E-state index in [1.807, 2.05) is 6.92 Å². The van der Waals surface area contributed by atoms with E-state index in [1.54, 1.807) is 55.5 Å². The Morgan fingerprint density at radius 2 is 2.00 bits per heavy atom. The van der Waals surface area contributed by atoms with Gasteiger partial charge in [-0.15, -0.1) is 0 Å². The topological polar surface area (TPSA) is 100 Å². The largest absolute Gasteiger partial charge is 0.487 e. The second kappa shape index (κ2) is 11.0. The first kappa shape index (κ1) is 26.1. The number of hydrogen-bond acceptors (Lipinski definition) is 6. The van der Waals surface area contributed by atoms with E-state index in [1.165, 1.54) is 10.4 Å². The van der Waals surface area contributed by atoms with E-state index in [-0.39, 0.29) is 48.6 Å². The molecule has 0 bridgehead atoms. The number of amides is 1. The molecule has 1 fully saturated rings. The number of aromatic nitrogens is 1. The quantitative estimate of drug-likeness (QED) is 0.598. The molecular weight excluding hydrogens is 478 g/mol. The molecule has 0 spiro atoms. The maximum Gasteiger partial charge on any atom is 0.247 e. The van der Waals surface area contributed by atoms with Crippen LogP contribution in [-0.4, -0.2) is 72.5 Å². The lowest BCUT2D eigenvalue weighted by Gasteiger charge is -2.37. The average molecular weight is 512 g/mol. The van der Waals surface area contributed by atoms with Crippen molar-refractivity contribution in [2.75, 3.05) is 26.7 Å². The molecule has 4 rings (SSSR count). The number of carbonyl (C=O) groups excluding carboxylic acids is 1. The van der Waals surface area contributed by atoms with Crippen LogP contribution < -0.4 is 4.74 Å². The number of carbonyl (C=O) groups is 1. The summed E-state index contributed by atoms with van der Waals surface area (Å²) in [4.78, 5) is 18.6. The number of fused-ring (bicyclic) bond motifs is 1. The number of nitrogens with zero attached hydrogens (tertiary/aromatic N) is 3. The van der Waals surface area contributed by atoms with E-state index in [2.05, 4.69) is 16.8 Å². The van der Waals surface area contributed by atoms with Gasteiger partial charge in [0.2, 0.25) is 15.9 Å². The maximum atomic E-state index is 13.6. The van der Waals surface area contributed by atoms with Gasteiger partial charge in [-0.2, -0.15) is 4.31 Å². The molecule has 1 aromatic carbocycles. The molecule has 36 heavy (non-hydrogen) atoms. The van der Waals surface area contributed by atoms with E-state index in [4.69, 9.17) is 4.74 Å². The van der Waals surface area contributed by atoms with E-state index in [9.17, 15) is 18.3 Å².